The van der Waals surface area contributed by atoms with Crippen molar-refractivity contribution >= 4 is 34.7 Å². The lowest BCUT2D eigenvalue weighted by molar-refractivity contribution is -0.117. The van der Waals surface area contributed by atoms with E-state index in [1.165, 1.54) is 0 Å². The van der Waals surface area contributed by atoms with Crippen molar-refractivity contribution in [3.05, 3.63) is 83.9 Å². The maximum atomic E-state index is 12.5. The van der Waals surface area contributed by atoms with E-state index in [1.807, 2.05) is 74.5 Å². The highest BCUT2D eigenvalue weighted by molar-refractivity contribution is 5.97. The summed E-state index contributed by atoms with van der Waals surface area (Å²) < 4.78 is 5.55. The average Bonchev–Trinajstić information content (AvgIpc) is 3.17. The maximum absolute atomic E-state index is 12.5. The Labute approximate surface area is 194 Å². The molecule has 1 aliphatic rings. The molecule has 4 rings (SSSR count). The van der Waals surface area contributed by atoms with E-state index in [-0.39, 0.29) is 12.3 Å². The Bertz CT molecular complexity index is 1130. The van der Waals surface area contributed by atoms with Crippen molar-refractivity contribution in [2.45, 2.75) is 33.3 Å². The molecule has 0 aliphatic carbocycles. The van der Waals surface area contributed by atoms with Crippen molar-refractivity contribution in [2.24, 2.45) is 0 Å². The Hall–Kier alpha value is -3.80. The molecule has 170 valence electrons. The highest BCUT2D eigenvalue weighted by atomic mass is 16.6. The molecule has 0 aromatic heterocycles. The summed E-state index contributed by atoms with van der Waals surface area (Å²) in [5, 5.41) is 2.77. The lowest BCUT2D eigenvalue weighted by Crippen LogP contribution is -2.28. The van der Waals surface area contributed by atoms with Crippen molar-refractivity contribution in [2.75, 3.05) is 28.2 Å². The molecule has 33 heavy (non-hydrogen) atoms. The van der Waals surface area contributed by atoms with E-state index in [9.17, 15) is 9.59 Å². The number of para-hydroxylation sites is 1. The van der Waals surface area contributed by atoms with E-state index in [0.29, 0.717) is 12.2 Å². The van der Waals surface area contributed by atoms with Gasteiger partial charge in [0, 0.05) is 29.3 Å². The summed E-state index contributed by atoms with van der Waals surface area (Å²) in [6.45, 7) is 7.25. The Balaban J connectivity index is 1.36. The number of hydrogen-bond donors (Lipinski definition) is 1. The zero-order chi connectivity index (χ0) is 23.4. The number of nitrogens with zero attached hydrogens (tertiary/aromatic N) is 2. The number of nitrogens with one attached hydrogen (secondary N) is 1. The number of aryl methyl sites for hydroxylation is 2. The third kappa shape index (κ3) is 5.17. The van der Waals surface area contributed by atoms with Crippen LogP contribution in [0.4, 0.5) is 27.5 Å². The number of carbonyl (C=O) groups excluding carboxylic acids is 2. The number of anilines is 4. The molecule has 3 aromatic rings. The molecule has 0 spiro atoms. The van der Waals surface area contributed by atoms with Gasteiger partial charge in [0.2, 0.25) is 5.91 Å². The zero-order valence-electron chi connectivity index (χ0n) is 19.2. The fourth-order valence-corrected chi connectivity index (χ4v) is 4.14. The van der Waals surface area contributed by atoms with E-state index in [2.05, 4.69) is 29.3 Å². The van der Waals surface area contributed by atoms with Gasteiger partial charge in [-0.3, -0.25) is 10.1 Å². The van der Waals surface area contributed by atoms with E-state index >= 15 is 0 Å². The largest absolute Gasteiger partial charge is 0.444 e. The van der Waals surface area contributed by atoms with Gasteiger partial charge < -0.3 is 14.5 Å². The highest BCUT2D eigenvalue weighted by Gasteiger charge is 2.34. The first kappa shape index (κ1) is 22.4. The minimum Gasteiger partial charge on any atom is -0.444 e. The second kappa shape index (κ2) is 9.77. The summed E-state index contributed by atoms with van der Waals surface area (Å²) >= 11 is 0. The molecular formula is C27H29N3O3. The van der Waals surface area contributed by atoms with Gasteiger partial charge in [0.15, 0.2) is 0 Å². The van der Waals surface area contributed by atoms with Crippen LogP contribution >= 0.6 is 0 Å². The van der Waals surface area contributed by atoms with Crippen LogP contribution < -0.4 is 15.1 Å². The molecule has 6 heteroatoms. The topological polar surface area (TPSA) is 61.9 Å². The van der Waals surface area contributed by atoms with Gasteiger partial charge in [-0.1, -0.05) is 30.3 Å². The molecule has 0 saturated carbocycles. The summed E-state index contributed by atoms with van der Waals surface area (Å²) in [7, 11) is 0. The van der Waals surface area contributed by atoms with Gasteiger partial charge in [-0.25, -0.2) is 4.79 Å². The molecular weight excluding hydrogens is 414 g/mol. The number of hydrogen-bond acceptors (Lipinski definition) is 4. The lowest BCUT2D eigenvalue weighted by atomic mass is 10.1. The van der Waals surface area contributed by atoms with Crippen LogP contribution in [0.1, 0.15) is 24.5 Å². The number of ether oxygens (including phenoxy) is 1. The fourth-order valence-electron chi connectivity index (χ4n) is 4.14. The van der Waals surface area contributed by atoms with Gasteiger partial charge in [0.05, 0.1) is 13.0 Å². The van der Waals surface area contributed by atoms with E-state index < -0.39 is 12.2 Å². The quantitative estimate of drug-likeness (QED) is 0.522. The van der Waals surface area contributed by atoms with Gasteiger partial charge in [-0.05, 0) is 74.4 Å². The zero-order valence-corrected chi connectivity index (χ0v) is 19.2. The number of rotatable bonds is 6. The molecule has 1 aliphatic heterocycles. The van der Waals surface area contributed by atoms with Gasteiger partial charge in [-0.2, -0.15) is 0 Å². The second-order valence-electron chi connectivity index (χ2n) is 8.28. The smallest absolute Gasteiger partial charge is 0.411 e. The minimum absolute atomic E-state index is 0.0357. The highest BCUT2D eigenvalue weighted by Crippen LogP contribution is 2.28. The molecule has 2 amide bonds. The summed E-state index contributed by atoms with van der Waals surface area (Å²) in [4.78, 5) is 28.9. The van der Waals surface area contributed by atoms with Crippen molar-refractivity contribution in [1.82, 2.24) is 0 Å². The lowest BCUT2D eigenvalue weighted by Gasteiger charge is -2.23. The summed E-state index contributed by atoms with van der Waals surface area (Å²) in [6.07, 6.45) is -0.855. The van der Waals surface area contributed by atoms with E-state index in [4.69, 9.17) is 4.74 Å². The molecule has 0 radical (unpaired) electrons. The molecule has 1 fully saturated rings. The molecule has 1 N–H and O–H groups in total. The van der Waals surface area contributed by atoms with Crippen molar-refractivity contribution < 1.29 is 14.3 Å². The standard InChI is InChI=1S/C27H29N3O3/c1-4-29(22-8-6-5-7-9-22)23-14-12-21(13-15-23)28-27(32)33-24-17-26(31)30(18-24)25-16-19(2)10-11-20(25)3/h5-16,24H,4,17-18H2,1-3H3,(H,28,32). The number of amides is 2. The molecule has 3 aromatic carbocycles. The predicted octanol–water partition coefficient (Wildman–Crippen LogP) is 5.82. The van der Waals surface area contributed by atoms with E-state index in [0.717, 1.165) is 34.7 Å². The van der Waals surface area contributed by atoms with Crippen LogP contribution in [-0.4, -0.2) is 31.2 Å². The van der Waals surface area contributed by atoms with Crippen LogP contribution in [0.3, 0.4) is 0 Å². The van der Waals surface area contributed by atoms with Gasteiger partial charge in [0.25, 0.3) is 0 Å². The molecule has 6 nitrogen and oxygen atoms in total. The van der Waals surface area contributed by atoms with Crippen molar-refractivity contribution in [1.29, 1.82) is 0 Å². The monoisotopic (exact) mass is 443 g/mol. The third-order valence-corrected chi connectivity index (χ3v) is 5.83. The minimum atomic E-state index is -0.557. The molecule has 1 atom stereocenters. The fraction of sp³-hybridized carbons (Fsp3) is 0.259. The first-order valence-corrected chi connectivity index (χ1v) is 11.2. The Morgan fingerprint density at radius 2 is 1.73 bits per heavy atom. The van der Waals surface area contributed by atoms with E-state index in [1.54, 1.807) is 4.90 Å². The van der Waals surface area contributed by atoms with Gasteiger partial charge in [-0.15, -0.1) is 0 Å². The van der Waals surface area contributed by atoms with Crippen molar-refractivity contribution in [3.63, 3.8) is 0 Å². The van der Waals surface area contributed by atoms with Crippen LogP contribution in [0.2, 0.25) is 0 Å². The molecule has 0 bridgehead atoms. The predicted molar refractivity (Wildman–Crippen MR) is 132 cm³/mol. The first-order valence-electron chi connectivity index (χ1n) is 11.2. The van der Waals surface area contributed by atoms with Crippen molar-refractivity contribution in [3.8, 4) is 0 Å². The maximum Gasteiger partial charge on any atom is 0.411 e. The number of benzene rings is 3. The van der Waals surface area contributed by atoms with Crippen LogP contribution in [0.25, 0.3) is 0 Å². The van der Waals surface area contributed by atoms with Crippen LogP contribution in [0, 0.1) is 13.8 Å². The normalized spacial score (nSPS) is 15.4. The van der Waals surface area contributed by atoms with Gasteiger partial charge in [0.1, 0.15) is 6.10 Å². The SMILES string of the molecule is CCN(c1ccccc1)c1ccc(NC(=O)OC2CC(=O)N(c3cc(C)ccc3C)C2)cc1. The molecule has 1 unspecified atom stereocenters. The van der Waals surface area contributed by atoms with Crippen LogP contribution in [0.15, 0.2) is 72.8 Å². The third-order valence-electron chi connectivity index (χ3n) is 5.83. The number of carbonyl (C=O) groups is 2. The Kier molecular flexibility index (Phi) is 6.63. The van der Waals surface area contributed by atoms with Crippen LogP contribution in [0.5, 0.6) is 0 Å². The Morgan fingerprint density at radius 3 is 2.42 bits per heavy atom. The van der Waals surface area contributed by atoms with Crippen LogP contribution in [-0.2, 0) is 9.53 Å². The summed E-state index contributed by atoms with van der Waals surface area (Å²) in [5.41, 5.74) is 5.77. The Morgan fingerprint density at radius 1 is 1.03 bits per heavy atom. The van der Waals surface area contributed by atoms with Gasteiger partial charge >= 0.3 is 6.09 Å². The second-order valence-corrected chi connectivity index (χ2v) is 8.28. The first-order chi connectivity index (χ1) is 15.9. The average molecular weight is 444 g/mol. The molecule has 1 saturated heterocycles. The molecule has 1 heterocycles. The summed E-state index contributed by atoms with van der Waals surface area (Å²) in [5.74, 6) is -0.0357. The summed E-state index contributed by atoms with van der Waals surface area (Å²) in [6, 6.07) is 23.8.